The number of likely N-dealkylation sites (N-methyl/N-ethyl adjacent to an activating group) is 1. The molecule has 1 aromatic rings. The lowest BCUT2D eigenvalue weighted by Crippen LogP contribution is -2.06. The Morgan fingerprint density at radius 1 is 1.05 bits per heavy atom. The first kappa shape index (κ1) is 17.3. The van der Waals surface area contributed by atoms with Gasteiger partial charge in [-0.05, 0) is 49.8 Å². The summed E-state index contributed by atoms with van der Waals surface area (Å²) in [5.74, 6) is 0. The number of aryl methyl sites for hydroxylation is 1. The molecular weight excluding hydrogens is 254 g/mol. The fraction of sp³-hybridized carbons (Fsp3) is 0.400. The fourth-order valence-corrected chi connectivity index (χ4v) is 2.42. The molecule has 0 unspecified atom stereocenters. The predicted octanol–water partition coefficient (Wildman–Crippen LogP) is 5.20. The minimum atomic E-state index is 0.892. The lowest BCUT2D eigenvalue weighted by molar-refractivity contribution is 0.903. The highest BCUT2D eigenvalue weighted by Crippen LogP contribution is 2.22. The van der Waals surface area contributed by atoms with Crippen molar-refractivity contribution in [3.63, 3.8) is 0 Å². The number of nitrogens with one attached hydrogen (secondary N) is 1. The summed E-state index contributed by atoms with van der Waals surface area (Å²) < 4.78 is 0. The average Bonchev–Trinajstić information content (AvgIpc) is 2.48. The first-order chi connectivity index (χ1) is 9.97. The van der Waals surface area contributed by atoms with Crippen molar-refractivity contribution in [2.75, 3.05) is 7.05 Å². The molecule has 1 N–H and O–H groups in total. The minimum absolute atomic E-state index is 0.892. The fourth-order valence-electron chi connectivity index (χ4n) is 2.42. The van der Waals surface area contributed by atoms with Gasteiger partial charge in [0.05, 0.1) is 0 Å². The topological polar surface area (TPSA) is 12.0 Å². The van der Waals surface area contributed by atoms with Crippen LogP contribution in [0, 0.1) is 0 Å². The molecule has 0 aliphatic rings. The van der Waals surface area contributed by atoms with E-state index in [1.54, 1.807) is 0 Å². The molecule has 114 valence electrons. The molecule has 0 radical (unpaired) electrons. The van der Waals surface area contributed by atoms with Gasteiger partial charge in [-0.2, -0.15) is 0 Å². The van der Waals surface area contributed by atoms with Crippen molar-refractivity contribution in [3.8, 4) is 0 Å². The summed E-state index contributed by atoms with van der Waals surface area (Å²) in [5.41, 5.74) is 7.84. The standard InChI is InChI=1S/C20H29N/c1-7-16(4)20(15(2)3)13-12-18-8-10-19(11-9-18)14-17(5)21-6/h8-11,21H,4-5,7,12-14H2,1-3,6H3. The van der Waals surface area contributed by atoms with Crippen LogP contribution in [-0.4, -0.2) is 7.05 Å². The van der Waals surface area contributed by atoms with Gasteiger partial charge in [-0.3, -0.25) is 0 Å². The Labute approximate surface area is 130 Å². The number of benzene rings is 1. The van der Waals surface area contributed by atoms with E-state index in [1.165, 1.54) is 27.8 Å². The van der Waals surface area contributed by atoms with Crippen LogP contribution in [0.2, 0.25) is 0 Å². The second-order valence-electron chi connectivity index (χ2n) is 5.78. The highest BCUT2D eigenvalue weighted by Gasteiger charge is 2.04. The molecule has 0 amide bonds. The van der Waals surface area contributed by atoms with Gasteiger partial charge in [0.1, 0.15) is 0 Å². The molecule has 0 bridgehead atoms. The van der Waals surface area contributed by atoms with E-state index in [9.17, 15) is 0 Å². The highest BCUT2D eigenvalue weighted by atomic mass is 14.8. The zero-order valence-electron chi connectivity index (χ0n) is 14.1. The van der Waals surface area contributed by atoms with Crippen molar-refractivity contribution in [2.24, 2.45) is 0 Å². The Morgan fingerprint density at radius 3 is 2.10 bits per heavy atom. The minimum Gasteiger partial charge on any atom is -0.392 e. The van der Waals surface area contributed by atoms with Crippen molar-refractivity contribution < 1.29 is 0 Å². The second kappa shape index (κ2) is 8.51. The molecule has 0 fully saturated rings. The maximum Gasteiger partial charge on any atom is 0.0117 e. The van der Waals surface area contributed by atoms with Crippen LogP contribution in [0.4, 0.5) is 0 Å². The maximum atomic E-state index is 4.19. The van der Waals surface area contributed by atoms with Gasteiger partial charge in [-0.25, -0.2) is 0 Å². The van der Waals surface area contributed by atoms with Gasteiger partial charge < -0.3 is 5.32 Å². The molecule has 21 heavy (non-hydrogen) atoms. The molecule has 0 saturated heterocycles. The number of rotatable bonds is 8. The second-order valence-corrected chi connectivity index (χ2v) is 5.78. The summed E-state index contributed by atoms with van der Waals surface area (Å²) >= 11 is 0. The largest absolute Gasteiger partial charge is 0.392 e. The van der Waals surface area contributed by atoms with Crippen LogP contribution in [0.15, 0.2) is 59.8 Å². The van der Waals surface area contributed by atoms with Crippen LogP contribution in [0.25, 0.3) is 0 Å². The molecule has 0 saturated carbocycles. The summed E-state index contributed by atoms with van der Waals surface area (Å²) in [7, 11) is 1.91. The van der Waals surface area contributed by atoms with Crippen molar-refractivity contribution in [1.82, 2.24) is 5.32 Å². The van der Waals surface area contributed by atoms with E-state index in [2.05, 4.69) is 63.5 Å². The van der Waals surface area contributed by atoms with Gasteiger partial charge in [0.2, 0.25) is 0 Å². The van der Waals surface area contributed by atoms with E-state index < -0.39 is 0 Å². The third kappa shape index (κ3) is 5.63. The molecule has 0 aliphatic carbocycles. The summed E-state index contributed by atoms with van der Waals surface area (Å²) in [6, 6.07) is 8.87. The lowest BCUT2D eigenvalue weighted by atomic mass is 9.94. The molecule has 1 aromatic carbocycles. The zero-order chi connectivity index (χ0) is 15.8. The lowest BCUT2D eigenvalue weighted by Gasteiger charge is -2.12. The van der Waals surface area contributed by atoms with Crippen molar-refractivity contribution in [1.29, 1.82) is 0 Å². The van der Waals surface area contributed by atoms with E-state index >= 15 is 0 Å². The molecule has 0 aromatic heterocycles. The van der Waals surface area contributed by atoms with Gasteiger partial charge in [-0.1, -0.05) is 55.5 Å². The first-order valence-electron chi connectivity index (χ1n) is 7.75. The monoisotopic (exact) mass is 283 g/mol. The van der Waals surface area contributed by atoms with E-state index in [0.29, 0.717) is 0 Å². The normalized spacial score (nSPS) is 10.1. The third-order valence-corrected chi connectivity index (χ3v) is 3.91. The molecule has 0 aliphatic heterocycles. The van der Waals surface area contributed by atoms with Crippen molar-refractivity contribution in [3.05, 3.63) is 71.0 Å². The molecule has 1 nitrogen and oxygen atoms in total. The van der Waals surface area contributed by atoms with Crippen LogP contribution in [0.1, 0.15) is 44.7 Å². The molecule has 0 spiro atoms. The first-order valence-corrected chi connectivity index (χ1v) is 7.75. The Balaban J connectivity index is 2.66. The number of hydrogen-bond acceptors (Lipinski definition) is 1. The van der Waals surface area contributed by atoms with Gasteiger partial charge >= 0.3 is 0 Å². The van der Waals surface area contributed by atoms with Crippen LogP contribution < -0.4 is 5.32 Å². The van der Waals surface area contributed by atoms with Gasteiger partial charge in [0, 0.05) is 19.2 Å². The Morgan fingerprint density at radius 2 is 1.62 bits per heavy atom. The van der Waals surface area contributed by atoms with E-state index in [4.69, 9.17) is 0 Å². The van der Waals surface area contributed by atoms with Crippen LogP contribution in [0.3, 0.4) is 0 Å². The summed E-state index contributed by atoms with van der Waals surface area (Å²) in [6.07, 6.45) is 4.08. The van der Waals surface area contributed by atoms with Gasteiger partial charge in [-0.15, -0.1) is 0 Å². The SMILES string of the molecule is C=C(Cc1ccc(CCC(C(=C)CC)=C(C)C)cc1)NC. The zero-order valence-corrected chi connectivity index (χ0v) is 14.1. The number of allylic oxidation sites excluding steroid dienone is 4. The maximum absolute atomic E-state index is 4.19. The Bertz CT molecular complexity index is 513. The van der Waals surface area contributed by atoms with Crippen LogP contribution in [-0.2, 0) is 12.8 Å². The van der Waals surface area contributed by atoms with E-state index in [1.807, 2.05) is 7.05 Å². The average molecular weight is 283 g/mol. The summed E-state index contributed by atoms with van der Waals surface area (Å²) in [6.45, 7) is 14.7. The van der Waals surface area contributed by atoms with Gasteiger partial charge in [0.15, 0.2) is 0 Å². The van der Waals surface area contributed by atoms with Gasteiger partial charge in [0.25, 0.3) is 0 Å². The third-order valence-electron chi connectivity index (χ3n) is 3.91. The molecule has 0 atom stereocenters. The van der Waals surface area contributed by atoms with E-state index in [-0.39, 0.29) is 0 Å². The smallest absolute Gasteiger partial charge is 0.0117 e. The summed E-state index contributed by atoms with van der Waals surface area (Å²) in [4.78, 5) is 0. The van der Waals surface area contributed by atoms with Crippen LogP contribution >= 0.6 is 0 Å². The van der Waals surface area contributed by atoms with Crippen molar-refractivity contribution >= 4 is 0 Å². The Kier molecular flexibility index (Phi) is 7.01. The van der Waals surface area contributed by atoms with E-state index in [0.717, 1.165) is 31.4 Å². The number of hydrogen-bond donors (Lipinski definition) is 1. The molecule has 0 heterocycles. The highest BCUT2D eigenvalue weighted by molar-refractivity contribution is 5.33. The van der Waals surface area contributed by atoms with Crippen molar-refractivity contribution in [2.45, 2.75) is 46.5 Å². The predicted molar refractivity (Wildman–Crippen MR) is 94.5 cm³/mol. The van der Waals surface area contributed by atoms with Crippen LogP contribution in [0.5, 0.6) is 0 Å². The summed E-state index contributed by atoms with van der Waals surface area (Å²) in [5, 5.41) is 3.09. The quantitative estimate of drug-likeness (QED) is 0.647. The molecule has 1 rings (SSSR count). The Hall–Kier alpha value is -1.76. The molecule has 1 heteroatoms. The molecular formula is C20H29N.